The predicted octanol–water partition coefficient (Wildman–Crippen LogP) is 3.21. The summed E-state index contributed by atoms with van der Waals surface area (Å²) in [5, 5.41) is 12.8. The van der Waals surface area contributed by atoms with E-state index in [2.05, 4.69) is 5.32 Å². The van der Waals surface area contributed by atoms with Crippen molar-refractivity contribution in [2.75, 3.05) is 7.11 Å². The first kappa shape index (κ1) is 18.1. The molecule has 7 heteroatoms. The molecule has 2 N–H and O–H groups in total. The summed E-state index contributed by atoms with van der Waals surface area (Å²) in [6.45, 7) is 0. The minimum absolute atomic E-state index is 0.0496. The molecule has 0 bridgehead atoms. The van der Waals surface area contributed by atoms with E-state index < -0.39 is 17.9 Å². The lowest BCUT2D eigenvalue weighted by atomic mass is 10.0. The molecule has 5 nitrogen and oxygen atoms in total. The lowest BCUT2D eigenvalue weighted by Gasteiger charge is -2.18. The van der Waals surface area contributed by atoms with E-state index in [1.165, 1.54) is 31.4 Å². The van der Waals surface area contributed by atoms with Gasteiger partial charge in [-0.3, -0.25) is 4.79 Å². The molecule has 2 aromatic rings. The average molecular weight is 368 g/mol. The van der Waals surface area contributed by atoms with Gasteiger partial charge in [-0.15, -0.1) is 0 Å². The molecule has 24 heavy (non-hydrogen) atoms. The number of phenolic OH excluding ortho intramolecular Hbond substituents is 1. The Labute approximate surface area is 149 Å². The van der Waals surface area contributed by atoms with Gasteiger partial charge in [0, 0.05) is 22.0 Å². The molecule has 0 spiro atoms. The molecule has 1 atom stereocenters. The normalized spacial score (nSPS) is 11.6. The van der Waals surface area contributed by atoms with Crippen molar-refractivity contribution < 1.29 is 19.4 Å². The van der Waals surface area contributed by atoms with E-state index in [1.807, 2.05) is 0 Å². The van der Waals surface area contributed by atoms with Crippen LogP contribution in [0.5, 0.6) is 5.75 Å². The fourth-order valence-electron chi connectivity index (χ4n) is 2.16. The highest BCUT2D eigenvalue weighted by Gasteiger charge is 2.24. The van der Waals surface area contributed by atoms with Crippen LogP contribution in [0.4, 0.5) is 0 Å². The molecule has 0 saturated carbocycles. The Bertz CT molecular complexity index is 744. The Kier molecular flexibility index (Phi) is 6.06. The van der Waals surface area contributed by atoms with Gasteiger partial charge in [0.05, 0.1) is 7.11 Å². The van der Waals surface area contributed by atoms with Crippen molar-refractivity contribution in [1.82, 2.24) is 5.32 Å². The van der Waals surface area contributed by atoms with Gasteiger partial charge < -0.3 is 15.2 Å². The summed E-state index contributed by atoms with van der Waals surface area (Å²) in [6, 6.07) is 9.80. The number of amides is 1. The lowest BCUT2D eigenvalue weighted by Crippen LogP contribution is -2.43. The molecular weight excluding hydrogens is 353 g/mol. The third kappa shape index (κ3) is 4.40. The SMILES string of the molecule is COC(=O)[C@H](Cc1c(Cl)cccc1Cl)NC(=O)c1cccc(O)c1. The number of ether oxygens (including phenoxy) is 1. The zero-order valence-electron chi connectivity index (χ0n) is 12.8. The molecule has 2 aromatic carbocycles. The van der Waals surface area contributed by atoms with Crippen LogP contribution in [0, 0.1) is 0 Å². The number of benzene rings is 2. The molecule has 0 saturated heterocycles. The van der Waals surface area contributed by atoms with E-state index in [4.69, 9.17) is 27.9 Å². The Morgan fingerprint density at radius 2 is 1.79 bits per heavy atom. The fourth-order valence-corrected chi connectivity index (χ4v) is 2.71. The highest BCUT2D eigenvalue weighted by Crippen LogP contribution is 2.26. The standard InChI is InChI=1S/C17H15Cl2NO4/c1-24-17(23)15(9-12-13(18)6-3-7-14(12)19)20-16(22)10-4-2-5-11(21)8-10/h2-8,15,21H,9H2,1H3,(H,20,22)/t15-/m0/s1. The first-order chi connectivity index (χ1) is 11.4. The maximum Gasteiger partial charge on any atom is 0.328 e. The van der Waals surface area contributed by atoms with Crippen LogP contribution in [0.25, 0.3) is 0 Å². The number of halogens is 2. The summed E-state index contributed by atoms with van der Waals surface area (Å²) in [6.07, 6.45) is 0.0791. The number of nitrogens with one attached hydrogen (secondary N) is 1. The van der Waals surface area contributed by atoms with E-state index >= 15 is 0 Å². The third-order valence-corrected chi connectivity index (χ3v) is 4.08. The van der Waals surface area contributed by atoms with Crippen molar-refractivity contribution in [1.29, 1.82) is 0 Å². The number of rotatable bonds is 5. The lowest BCUT2D eigenvalue weighted by molar-refractivity contribution is -0.142. The van der Waals surface area contributed by atoms with Crippen molar-refractivity contribution in [3.63, 3.8) is 0 Å². The summed E-state index contributed by atoms with van der Waals surface area (Å²) in [5.74, 6) is -1.20. The van der Waals surface area contributed by atoms with Crippen LogP contribution in [0.15, 0.2) is 42.5 Å². The van der Waals surface area contributed by atoms with E-state index in [9.17, 15) is 14.7 Å². The van der Waals surface area contributed by atoms with Crippen molar-refractivity contribution in [2.24, 2.45) is 0 Å². The smallest absolute Gasteiger partial charge is 0.328 e. The van der Waals surface area contributed by atoms with Crippen molar-refractivity contribution in [2.45, 2.75) is 12.5 Å². The molecule has 0 heterocycles. The number of phenols is 1. The van der Waals surface area contributed by atoms with Crippen LogP contribution in [0.3, 0.4) is 0 Å². The second kappa shape index (κ2) is 8.04. The fraction of sp³-hybridized carbons (Fsp3) is 0.176. The Hall–Kier alpha value is -2.24. The Morgan fingerprint density at radius 3 is 2.38 bits per heavy atom. The third-order valence-electron chi connectivity index (χ3n) is 3.37. The van der Waals surface area contributed by atoms with Gasteiger partial charge in [0.1, 0.15) is 11.8 Å². The quantitative estimate of drug-likeness (QED) is 0.795. The zero-order valence-corrected chi connectivity index (χ0v) is 14.3. The van der Waals surface area contributed by atoms with Crippen molar-refractivity contribution in [3.05, 3.63) is 63.6 Å². The Balaban J connectivity index is 2.23. The number of carbonyl (C=O) groups is 2. The number of aromatic hydroxyl groups is 1. The van der Waals surface area contributed by atoms with Gasteiger partial charge in [0.2, 0.25) is 0 Å². The van der Waals surface area contributed by atoms with E-state index in [0.717, 1.165) is 0 Å². The van der Waals surface area contributed by atoms with Crippen LogP contribution in [-0.2, 0) is 16.0 Å². The first-order valence-electron chi connectivity index (χ1n) is 7.03. The maximum atomic E-state index is 12.3. The largest absolute Gasteiger partial charge is 0.508 e. The van der Waals surface area contributed by atoms with Gasteiger partial charge in [-0.05, 0) is 35.9 Å². The summed E-state index contributed by atoms with van der Waals surface area (Å²) >= 11 is 12.2. The Morgan fingerprint density at radius 1 is 1.17 bits per heavy atom. The summed E-state index contributed by atoms with van der Waals surface area (Å²) in [5.41, 5.74) is 0.751. The molecular formula is C17H15Cl2NO4. The van der Waals surface area contributed by atoms with Crippen molar-refractivity contribution in [3.8, 4) is 5.75 Å². The molecule has 0 aliphatic rings. The molecule has 0 radical (unpaired) electrons. The highest BCUT2D eigenvalue weighted by atomic mass is 35.5. The predicted molar refractivity (Wildman–Crippen MR) is 91.5 cm³/mol. The average Bonchev–Trinajstić information content (AvgIpc) is 2.56. The molecule has 0 aliphatic heterocycles. The van der Waals surface area contributed by atoms with Gasteiger partial charge in [0.25, 0.3) is 5.91 Å². The monoisotopic (exact) mass is 367 g/mol. The topological polar surface area (TPSA) is 75.6 Å². The van der Waals surface area contributed by atoms with Gasteiger partial charge >= 0.3 is 5.97 Å². The molecule has 0 aliphatic carbocycles. The minimum atomic E-state index is -0.970. The van der Waals surface area contributed by atoms with Gasteiger partial charge in [0.15, 0.2) is 0 Å². The molecule has 1 amide bonds. The molecule has 126 valence electrons. The summed E-state index contributed by atoms with van der Waals surface area (Å²) < 4.78 is 4.74. The molecule has 0 fully saturated rings. The highest BCUT2D eigenvalue weighted by molar-refractivity contribution is 6.36. The van der Waals surface area contributed by atoms with E-state index in [0.29, 0.717) is 15.6 Å². The maximum absolute atomic E-state index is 12.3. The molecule has 0 aromatic heterocycles. The van der Waals surface area contributed by atoms with E-state index in [-0.39, 0.29) is 17.7 Å². The second-order valence-corrected chi connectivity index (χ2v) is 5.82. The zero-order chi connectivity index (χ0) is 17.7. The number of hydrogen-bond donors (Lipinski definition) is 2. The first-order valence-corrected chi connectivity index (χ1v) is 7.78. The van der Waals surface area contributed by atoms with Crippen LogP contribution in [0.2, 0.25) is 10.0 Å². The molecule has 2 rings (SSSR count). The number of hydrogen-bond acceptors (Lipinski definition) is 4. The summed E-state index contributed by atoms with van der Waals surface area (Å²) in [4.78, 5) is 24.3. The van der Waals surface area contributed by atoms with Crippen molar-refractivity contribution >= 4 is 35.1 Å². The minimum Gasteiger partial charge on any atom is -0.508 e. The number of methoxy groups -OCH3 is 1. The summed E-state index contributed by atoms with van der Waals surface area (Å²) in [7, 11) is 1.23. The number of esters is 1. The van der Waals surface area contributed by atoms with Gasteiger partial charge in [-0.1, -0.05) is 35.3 Å². The van der Waals surface area contributed by atoms with Crippen LogP contribution in [0.1, 0.15) is 15.9 Å². The van der Waals surface area contributed by atoms with E-state index in [1.54, 1.807) is 18.2 Å². The van der Waals surface area contributed by atoms with Crippen LogP contribution in [-0.4, -0.2) is 30.1 Å². The number of carbonyl (C=O) groups excluding carboxylic acids is 2. The van der Waals surface area contributed by atoms with Crippen LogP contribution >= 0.6 is 23.2 Å². The molecule has 0 unspecified atom stereocenters. The van der Waals surface area contributed by atoms with Crippen LogP contribution < -0.4 is 5.32 Å². The van der Waals surface area contributed by atoms with Gasteiger partial charge in [-0.2, -0.15) is 0 Å². The van der Waals surface area contributed by atoms with Gasteiger partial charge in [-0.25, -0.2) is 4.79 Å². The second-order valence-electron chi connectivity index (χ2n) is 5.00.